The molecular formula is C16H32O2. The summed E-state index contributed by atoms with van der Waals surface area (Å²) in [5.74, 6) is 0.249. The highest BCUT2D eigenvalue weighted by Gasteiger charge is 2.45. The van der Waals surface area contributed by atoms with Gasteiger partial charge in [0.25, 0.3) is 0 Å². The van der Waals surface area contributed by atoms with Gasteiger partial charge in [-0.05, 0) is 44.9 Å². The van der Waals surface area contributed by atoms with Crippen LogP contribution in [0.15, 0.2) is 0 Å². The van der Waals surface area contributed by atoms with E-state index in [-0.39, 0.29) is 22.7 Å². The smallest absolute Gasteiger partial charge is 0.312 e. The van der Waals surface area contributed by atoms with E-state index in [9.17, 15) is 4.79 Å². The van der Waals surface area contributed by atoms with Gasteiger partial charge in [-0.15, -0.1) is 0 Å². The number of hydrogen-bond acceptors (Lipinski definition) is 2. The van der Waals surface area contributed by atoms with E-state index in [1.165, 1.54) is 0 Å². The zero-order valence-corrected chi connectivity index (χ0v) is 13.8. The highest BCUT2D eigenvalue weighted by atomic mass is 16.6. The van der Waals surface area contributed by atoms with Crippen LogP contribution < -0.4 is 0 Å². The highest BCUT2D eigenvalue weighted by Crippen LogP contribution is 2.44. The predicted octanol–water partition coefficient (Wildman–Crippen LogP) is 4.82. The van der Waals surface area contributed by atoms with Crippen LogP contribution in [0.1, 0.15) is 75.2 Å². The summed E-state index contributed by atoms with van der Waals surface area (Å²) in [6, 6.07) is 0. The molecular weight excluding hydrogens is 224 g/mol. The normalized spacial score (nSPS) is 16.6. The van der Waals surface area contributed by atoms with E-state index in [0.717, 1.165) is 12.8 Å². The van der Waals surface area contributed by atoms with E-state index in [0.29, 0.717) is 0 Å². The molecule has 108 valence electrons. The monoisotopic (exact) mass is 256 g/mol. The summed E-state index contributed by atoms with van der Waals surface area (Å²) in [5.41, 5.74) is -0.660. The maximum Gasteiger partial charge on any atom is 0.312 e. The molecule has 0 N–H and O–H groups in total. The van der Waals surface area contributed by atoms with E-state index < -0.39 is 5.60 Å². The molecule has 0 saturated carbocycles. The van der Waals surface area contributed by atoms with Crippen molar-refractivity contribution in [3.8, 4) is 0 Å². The van der Waals surface area contributed by atoms with Gasteiger partial charge >= 0.3 is 5.97 Å². The van der Waals surface area contributed by atoms with E-state index in [2.05, 4.69) is 41.5 Å². The zero-order valence-electron chi connectivity index (χ0n) is 13.8. The van der Waals surface area contributed by atoms with Crippen LogP contribution >= 0.6 is 0 Å². The molecule has 0 saturated heterocycles. The molecule has 18 heavy (non-hydrogen) atoms. The summed E-state index contributed by atoms with van der Waals surface area (Å²) in [4.78, 5) is 12.6. The van der Waals surface area contributed by atoms with E-state index in [4.69, 9.17) is 4.74 Å². The van der Waals surface area contributed by atoms with Crippen molar-refractivity contribution in [1.29, 1.82) is 0 Å². The second-order valence-corrected chi connectivity index (χ2v) is 7.90. The highest BCUT2D eigenvalue weighted by molar-refractivity contribution is 5.77. The van der Waals surface area contributed by atoms with Crippen LogP contribution in [-0.2, 0) is 9.53 Å². The fourth-order valence-corrected chi connectivity index (χ4v) is 2.52. The van der Waals surface area contributed by atoms with Crippen molar-refractivity contribution >= 4 is 5.97 Å². The number of ether oxygens (including phenoxy) is 1. The molecule has 0 aliphatic rings. The Labute approximate surface area is 113 Å². The Morgan fingerprint density at radius 2 is 1.50 bits per heavy atom. The van der Waals surface area contributed by atoms with Gasteiger partial charge in [0, 0.05) is 0 Å². The minimum Gasteiger partial charge on any atom is -0.460 e. The summed E-state index contributed by atoms with van der Waals surface area (Å²) >= 11 is 0. The van der Waals surface area contributed by atoms with Crippen molar-refractivity contribution in [3.05, 3.63) is 0 Å². The van der Waals surface area contributed by atoms with Crippen molar-refractivity contribution < 1.29 is 9.53 Å². The lowest BCUT2D eigenvalue weighted by molar-refractivity contribution is -0.173. The van der Waals surface area contributed by atoms with Crippen LogP contribution in [0.4, 0.5) is 0 Å². The number of carbonyl (C=O) groups is 1. The Balaban J connectivity index is 5.27. The van der Waals surface area contributed by atoms with Crippen LogP contribution in [0.25, 0.3) is 0 Å². The van der Waals surface area contributed by atoms with Gasteiger partial charge in [0.15, 0.2) is 0 Å². The van der Waals surface area contributed by atoms with Crippen molar-refractivity contribution in [1.82, 2.24) is 0 Å². The minimum atomic E-state index is -0.412. The fourth-order valence-electron chi connectivity index (χ4n) is 2.52. The van der Waals surface area contributed by atoms with E-state index in [1.807, 2.05) is 20.8 Å². The Morgan fingerprint density at radius 3 is 1.72 bits per heavy atom. The average Bonchev–Trinajstić information content (AvgIpc) is 2.08. The molecule has 0 aliphatic heterocycles. The molecule has 0 aromatic carbocycles. The van der Waals surface area contributed by atoms with Crippen molar-refractivity contribution in [2.75, 3.05) is 0 Å². The SMILES string of the molecule is CCC(CC(C)(C)C)(C(=O)OC(C)(C)C)C(C)C. The number of esters is 1. The third kappa shape index (κ3) is 4.99. The van der Waals surface area contributed by atoms with Crippen LogP contribution in [0.5, 0.6) is 0 Å². The number of rotatable bonds is 4. The maximum absolute atomic E-state index is 12.6. The fraction of sp³-hybridized carbons (Fsp3) is 0.938. The molecule has 1 unspecified atom stereocenters. The quantitative estimate of drug-likeness (QED) is 0.674. The molecule has 0 aliphatic carbocycles. The first kappa shape index (κ1) is 17.5. The lowest BCUT2D eigenvalue weighted by atomic mass is 9.66. The van der Waals surface area contributed by atoms with Crippen LogP contribution in [0.3, 0.4) is 0 Å². The molecule has 0 amide bonds. The molecule has 0 spiro atoms. The van der Waals surface area contributed by atoms with Crippen molar-refractivity contribution in [2.45, 2.75) is 80.8 Å². The number of hydrogen-bond donors (Lipinski definition) is 0. The second kappa shape index (κ2) is 5.63. The van der Waals surface area contributed by atoms with Gasteiger partial charge in [-0.1, -0.05) is 41.5 Å². The van der Waals surface area contributed by atoms with Crippen molar-refractivity contribution in [2.24, 2.45) is 16.7 Å². The summed E-state index contributed by atoms with van der Waals surface area (Å²) in [6.45, 7) is 18.7. The lowest BCUT2D eigenvalue weighted by Crippen LogP contribution is -2.43. The van der Waals surface area contributed by atoms with Gasteiger partial charge in [0.2, 0.25) is 0 Å². The molecule has 0 heterocycles. The average molecular weight is 256 g/mol. The van der Waals surface area contributed by atoms with Gasteiger partial charge in [-0.2, -0.15) is 0 Å². The topological polar surface area (TPSA) is 26.3 Å². The van der Waals surface area contributed by atoms with Crippen LogP contribution in [-0.4, -0.2) is 11.6 Å². The summed E-state index contributed by atoms with van der Waals surface area (Å²) in [5, 5.41) is 0. The molecule has 0 fully saturated rings. The molecule has 0 radical (unpaired) electrons. The number of carbonyl (C=O) groups excluding carboxylic acids is 1. The third-order valence-corrected chi connectivity index (χ3v) is 3.39. The van der Waals surface area contributed by atoms with Crippen LogP contribution in [0.2, 0.25) is 0 Å². The Kier molecular flexibility index (Phi) is 5.46. The Hall–Kier alpha value is -0.530. The first-order valence-electron chi connectivity index (χ1n) is 7.07. The molecule has 1 atom stereocenters. The molecule has 0 rings (SSSR count). The largest absolute Gasteiger partial charge is 0.460 e. The third-order valence-electron chi connectivity index (χ3n) is 3.39. The molecule has 2 nitrogen and oxygen atoms in total. The molecule has 2 heteroatoms. The zero-order chi connectivity index (χ0) is 14.8. The maximum atomic E-state index is 12.6. The molecule has 0 aromatic heterocycles. The summed E-state index contributed by atoms with van der Waals surface area (Å²) in [6.07, 6.45) is 1.69. The standard InChI is InChI=1S/C16H32O2/c1-10-16(12(2)3,11-14(4,5)6)13(17)18-15(7,8)9/h12H,10-11H2,1-9H3. The molecule has 0 aromatic rings. The van der Waals surface area contributed by atoms with Gasteiger partial charge < -0.3 is 4.74 Å². The molecule has 0 bridgehead atoms. The summed E-state index contributed by atoms with van der Waals surface area (Å²) < 4.78 is 5.66. The van der Waals surface area contributed by atoms with Gasteiger partial charge in [-0.25, -0.2) is 0 Å². The first-order chi connectivity index (χ1) is 7.84. The van der Waals surface area contributed by atoms with Gasteiger partial charge in [-0.3, -0.25) is 4.79 Å². The summed E-state index contributed by atoms with van der Waals surface area (Å²) in [7, 11) is 0. The first-order valence-corrected chi connectivity index (χ1v) is 7.07. The minimum absolute atomic E-state index is 0.0394. The van der Waals surface area contributed by atoms with Crippen LogP contribution in [0, 0.1) is 16.7 Å². The Bertz CT molecular complexity index is 278. The second-order valence-electron chi connectivity index (χ2n) is 7.90. The van der Waals surface area contributed by atoms with E-state index in [1.54, 1.807) is 0 Å². The van der Waals surface area contributed by atoms with Gasteiger partial charge in [0.1, 0.15) is 5.60 Å². The van der Waals surface area contributed by atoms with E-state index >= 15 is 0 Å². The van der Waals surface area contributed by atoms with Gasteiger partial charge in [0.05, 0.1) is 5.41 Å². The lowest BCUT2D eigenvalue weighted by Gasteiger charge is -2.41. The van der Waals surface area contributed by atoms with Crippen molar-refractivity contribution in [3.63, 3.8) is 0 Å². The Morgan fingerprint density at radius 1 is 1.06 bits per heavy atom. The predicted molar refractivity (Wildman–Crippen MR) is 77.5 cm³/mol.